The Morgan fingerprint density at radius 3 is 2.13 bits per heavy atom. The molecule has 0 heterocycles. The standard InChI is InChI=1S/C13H22O2/c1-2-3-4-5-6-7-8-9-10-11-12-13(14)15/h2-5,8-12H2,1H3,(H,14,15). The monoisotopic (exact) mass is 210 g/mol. The van der Waals surface area contributed by atoms with Crippen LogP contribution in [0.4, 0.5) is 0 Å². The molecule has 0 saturated heterocycles. The van der Waals surface area contributed by atoms with Crippen molar-refractivity contribution < 1.29 is 9.90 Å². The van der Waals surface area contributed by atoms with Gasteiger partial charge >= 0.3 is 5.97 Å². The van der Waals surface area contributed by atoms with E-state index >= 15 is 0 Å². The molecule has 86 valence electrons. The quantitative estimate of drug-likeness (QED) is 0.491. The third-order valence-electron chi connectivity index (χ3n) is 2.22. The number of rotatable bonds is 8. The van der Waals surface area contributed by atoms with Gasteiger partial charge in [-0.3, -0.25) is 4.79 Å². The third-order valence-corrected chi connectivity index (χ3v) is 2.22. The van der Waals surface area contributed by atoms with Crippen molar-refractivity contribution in [1.82, 2.24) is 0 Å². The van der Waals surface area contributed by atoms with Crippen molar-refractivity contribution in [2.24, 2.45) is 0 Å². The molecule has 0 radical (unpaired) electrons. The summed E-state index contributed by atoms with van der Waals surface area (Å²) in [6.45, 7) is 2.19. The van der Waals surface area contributed by atoms with Gasteiger partial charge in [0.05, 0.1) is 0 Å². The highest BCUT2D eigenvalue weighted by molar-refractivity contribution is 5.66. The number of aliphatic carboxylic acids is 1. The summed E-state index contributed by atoms with van der Waals surface area (Å²) in [5.41, 5.74) is 0. The molecule has 0 spiro atoms. The van der Waals surface area contributed by atoms with Crippen LogP contribution >= 0.6 is 0 Å². The Hall–Kier alpha value is -0.970. The summed E-state index contributed by atoms with van der Waals surface area (Å²) in [6, 6.07) is 0. The number of hydrogen-bond acceptors (Lipinski definition) is 1. The molecule has 0 unspecified atom stereocenters. The van der Waals surface area contributed by atoms with Crippen LogP contribution in [0.3, 0.4) is 0 Å². The fraction of sp³-hybridized carbons (Fsp3) is 0.769. The van der Waals surface area contributed by atoms with Crippen molar-refractivity contribution in [2.75, 3.05) is 0 Å². The number of carbonyl (C=O) groups is 1. The van der Waals surface area contributed by atoms with Crippen LogP contribution in [0.1, 0.15) is 64.7 Å². The van der Waals surface area contributed by atoms with Gasteiger partial charge in [-0.15, -0.1) is 11.8 Å². The van der Waals surface area contributed by atoms with E-state index in [2.05, 4.69) is 18.8 Å². The predicted octanol–water partition coefficient (Wildman–Crippen LogP) is 3.61. The number of carboxylic acid groups (broad SMARTS) is 1. The smallest absolute Gasteiger partial charge is 0.303 e. The van der Waals surface area contributed by atoms with Crippen molar-refractivity contribution in [3.8, 4) is 11.8 Å². The van der Waals surface area contributed by atoms with E-state index in [4.69, 9.17) is 5.11 Å². The maximum Gasteiger partial charge on any atom is 0.303 e. The molecule has 0 aliphatic carbocycles. The molecule has 0 atom stereocenters. The molecule has 0 aliphatic heterocycles. The van der Waals surface area contributed by atoms with Crippen LogP contribution in [0.2, 0.25) is 0 Å². The third kappa shape index (κ3) is 13.0. The molecule has 0 rings (SSSR count). The molecule has 0 saturated carbocycles. The lowest BCUT2D eigenvalue weighted by Crippen LogP contribution is -1.93. The Bertz CT molecular complexity index is 210. The van der Waals surface area contributed by atoms with Crippen LogP contribution in [-0.2, 0) is 4.79 Å². The van der Waals surface area contributed by atoms with Gasteiger partial charge in [-0.05, 0) is 19.3 Å². The molecule has 0 bridgehead atoms. The Balaban J connectivity index is 3.12. The van der Waals surface area contributed by atoms with E-state index in [-0.39, 0.29) is 0 Å². The molecular weight excluding hydrogens is 188 g/mol. The highest BCUT2D eigenvalue weighted by Crippen LogP contribution is 2.02. The highest BCUT2D eigenvalue weighted by atomic mass is 16.4. The minimum atomic E-state index is -0.694. The Morgan fingerprint density at radius 2 is 1.60 bits per heavy atom. The van der Waals surface area contributed by atoms with E-state index in [1.54, 1.807) is 0 Å². The van der Waals surface area contributed by atoms with Gasteiger partial charge in [0.1, 0.15) is 0 Å². The minimum Gasteiger partial charge on any atom is -0.481 e. The molecule has 0 aliphatic rings. The predicted molar refractivity (Wildman–Crippen MR) is 62.6 cm³/mol. The SMILES string of the molecule is CCCCCC#CCCCCCC(=O)O. The minimum absolute atomic E-state index is 0.296. The van der Waals surface area contributed by atoms with Crippen LogP contribution in [0, 0.1) is 11.8 Å². The summed E-state index contributed by atoms with van der Waals surface area (Å²) in [5, 5.41) is 8.41. The van der Waals surface area contributed by atoms with Crippen molar-refractivity contribution in [3.63, 3.8) is 0 Å². The van der Waals surface area contributed by atoms with Gasteiger partial charge in [0, 0.05) is 19.3 Å². The topological polar surface area (TPSA) is 37.3 Å². The van der Waals surface area contributed by atoms with E-state index in [0.717, 1.165) is 32.1 Å². The van der Waals surface area contributed by atoms with E-state index in [0.29, 0.717) is 6.42 Å². The fourth-order valence-electron chi connectivity index (χ4n) is 1.31. The van der Waals surface area contributed by atoms with Gasteiger partial charge in [0.2, 0.25) is 0 Å². The molecule has 0 aromatic carbocycles. The van der Waals surface area contributed by atoms with Crippen molar-refractivity contribution >= 4 is 5.97 Å². The zero-order chi connectivity index (χ0) is 11.4. The lowest BCUT2D eigenvalue weighted by molar-refractivity contribution is -0.137. The molecule has 0 fully saturated rings. The van der Waals surface area contributed by atoms with Crippen LogP contribution < -0.4 is 0 Å². The van der Waals surface area contributed by atoms with Crippen LogP contribution in [0.25, 0.3) is 0 Å². The maximum absolute atomic E-state index is 10.2. The lowest BCUT2D eigenvalue weighted by Gasteiger charge is -1.93. The molecule has 0 aromatic rings. The first kappa shape index (κ1) is 14.0. The second-order valence-corrected chi connectivity index (χ2v) is 3.77. The molecule has 2 nitrogen and oxygen atoms in total. The largest absolute Gasteiger partial charge is 0.481 e. The summed E-state index contributed by atoms with van der Waals surface area (Å²) in [4.78, 5) is 10.2. The van der Waals surface area contributed by atoms with E-state index in [1.807, 2.05) is 0 Å². The van der Waals surface area contributed by atoms with E-state index < -0.39 is 5.97 Å². The van der Waals surface area contributed by atoms with Crippen LogP contribution in [-0.4, -0.2) is 11.1 Å². The second kappa shape index (κ2) is 11.1. The van der Waals surface area contributed by atoms with Gasteiger partial charge < -0.3 is 5.11 Å². The average molecular weight is 210 g/mol. The number of unbranched alkanes of at least 4 members (excludes halogenated alkanes) is 6. The summed E-state index contributed by atoms with van der Waals surface area (Å²) in [5.74, 6) is 5.59. The van der Waals surface area contributed by atoms with Crippen molar-refractivity contribution in [3.05, 3.63) is 0 Å². The summed E-state index contributed by atoms with van der Waals surface area (Å²) in [7, 11) is 0. The highest BCUT2D eigenvalue weighted by Gasteiger charge is 1.94. The van der Waals surface area contributed by atoms with Gasteiger partial charge in [-0.25, -0.2) is 0 Å². The normalized spacial score (nSPS) is 9.40. The Labute approximate surface area is 93.1 Å². The maximum atomic E-state index is 10.2. The number of carboxylic acids is 1. The zero-order valence-corrected chi connectivity index (χ0v) is 9.72. The average Bonchev–Trinajstić information content (AvgIpc) is 2.20. The molecule has 0 amide bonds. The Kier molecular flexibility index (Phi) is 10.4. The molecule has 2 heteroatoms. The molecule has 15 heavy (non-hydrogen) atoms. The molecule has 0 aromatic heterocycles. The van der Waals surface area contributed by atoms with E-state index in [9.17, 15) is 4.79 Å². The van der Waals surface area contributed by atoms with Gasteiger partial charge in [-0.2, -0.15) is 0 Å². The summed E-state index contributed by atoms with van der Waals surface area (Å²) >= 11 is 0. The summed E-state index contributed by atoms with van der Waals surface area (Å²) in [6.07, 6.45) is 8.77. The van der Waals surface area contributed by atoms with Crippen LogP contribution in [0.5, 0.6) is 0 Å². The van der Waals surface area contributed by atoms with Gasteiger partial charge in [0.15, 0.2) is 0 Å². The van der Waals surface area contributed by atoms with Crippen molar-refractivity contribution in [2.45, 2.75) is 64.7 Å². The first-order valence-corrected chi connectivity index (χ1v) is 5.95. The van der Waals surface area contributed by atoms with Crippen molar-refractivity contribution in [1.29, 1.82) is 0 Å². The van der Waals surface area contributed by atoms with Gasteiger partial charge in [0.25, 0.3) is 0 Å². The first-order chi connectivity index (χ1) is 7.27. The molecule has 1 N–H and O–H groups in total. The first-order valence-electron chi connectivity index (χ1n) is 5.95. The van der Waals surface area contributed by atoms with Gasteiger partial charge in [-0.1, -0.05) is 26.2 Å². The lowest BCUT2D eigenvalue weighted by atomic mass is 10.1. The number of hydrogen-bond donors (Lipinski definition) is 1. The zero-order valence-electron chi connectivity index (χ0n) is 9.72. The molecular formula is C13H22O2. The fourth-order valence-corrected chi connectivity index (χ4v) is 1.31. The van der Waals surface area contributed by atoms with E-state index in [1.165, 1.54) is 19.3 Å². The Morgan fingerprint density at radius 1 is 1.00 bits per heavy atom. The summed E-state index contributed by atoms with van der Waals surface area (Å²) < 4.78 is 0. The second-order valence-electron chi connectivity index (χ2n) is 3.77. The van der Waals surface area contributed by atoms with Crippen LogP contribution in [0.15, 0.2) is 0 Å².